The van der Waals surface area contributed by atoms with E-state index in [9.17, 15) is 19.5 Å². The molecule has 0 aromatic heterocycles. The molecule has 2 rings (SSSR count). The Morgan fingerprint density at radius 2 is 1.70 bits per heavy atom. The van der Waals surface area contributed by atoms with Crippen LogP contribution in [0.25, 0.3) is 10.8 Å². The second-order valence-corrected chi connectivity index (χ2v) is 7.52. The number of nitrogens with zero attached hydrogens (tertiary/aromatic N) is 1. The van der Waals surface area contributed by atoms with Gasteiger partial charge in [0, 0.05) is 13.0 Å². The third-order valence-electron chi connectivity index (χ3n) is 4.53. The van der Waals surface area contributed by atoms with Gasteiger partial charge in [0.25, 0.3) is 5.91 Å². The normalized spacial score (nSPS) is 13.0. The second-order valence-electron chi connectivity index (χ2n) is 7.52. The first-order chi connectivity index (χ1) is 14.2. The molecule has 162 valence electrons. The lowest BCUT2D eigenvalue weighted by Crippen LogP contribution is -2.54. The van der Waals surface area contributed by atoms with Crippen LogP contribution in [-0.2, 0) is 16.0 Å². The zero-order valence-corrected chi connectivity index (χ0v) is 16.9. The largest absolute Gasteiger partial charge is 0.479 e. The van der Waals surface area contributed by atoms with Crippen LogP contribution in [0.2, 0.25) is 0 Å². The number of hydroxylamine groups is 1. The van der Waals surface area contributed by atoms with Gasteiger partial charge >= 0.3 is 12.0 Å². The molecule has 0 saturated carbocycles. The molecule has 0 spiro atoms. The number of aliphatic hydroxyl groups is 1. The Balaban J connectivity index is 2.18. The molecule has 3 amide bonds. The van der Waals surface area contributed by atoms with E-state index in [4.69, 9.17) is 10.3 Å². The van der Waals surface area contributed by atoms with Crippen molar-refractivity contribution in [2.24, 2.45) is 5.92 Å². The molecule has 30 heavy (non-hydrogen) atoms. The molecule has 0 aliphatic rings. The summed E-state index contributed by atoms with van der Waals surface area (Å²) in [4.78, 5) is 37.0. The number of urea groups is 1. The number of hydrogen-bond donors (Lipinski definition) is 5. The Kier molecular flexibility index (Phi) is 8.14. The lowest BCUT2D eigenvalue weighted by molar-refractivity contribution is -0.147. The van der Waals surface area contributed by atoms with E-state index in [0.29, 0.717) is 0 Å². The third kappa shape index (κ3) is 6.43. The predicted octanol–water partition coefficient (Wildman–Crippen LogP) is 1.37. The molecular weight excluding hydrogens is 390 g/mol. The number of benzene rings is 2. The average Bonchev–Trinajstić information content (AvgIpc) is 2.71. The van der Waals surface area contributed by atoms with E-state index in [0.717, 1.165) is 21.2 Å². The van der Waals surface area contributed by atoms with Crippen LogP contribution < -0.4 is 10.8 Å². The summed E-state index contributed by atoms with van der Waals surface area (Å²) in [5, 5.41) is 32.2. The van der Waals surface area contributed by atoms with Gasteiger partial charge in [-0.05, 0) is 22.3 Å². The van der Waals surface area contributed by atoms with Gasteiger partial charge in [0.05, 0.1) is 6.54 Å². The van der Waals surface area contributed by atoms with E-state index in [1.807, 2.05) is 56.3 Å². The smallest absolute Gasteiger partial charge is 0.334 e. The maximum atomic E-state index is 12.7. The molecule has 2 aromatic carbocycles. The van der Waals surface area contributed by atoms with Gasteiger partial charge in [-0.3, -0.25) is 10.0 Å². The Hall–Kier alpha value is -3.17. The first-order valence-corrected chi connectivity index (χ1v) is 9.59. The fourth-order valence-electron chi connectivity index (χ4n) is 3.10. The van der Waals surface area contributed by atoms with Crippen LogP contribution in [-0.4, -0.2) is 63.5 Å². The highest BCUT2D eigenvalue weighted by Crippen LogP contribution is 2.17. The molecule has 0 heterocycles. The molecule has 9 heteroatoms. The van der Waals surface area contributed by atoms with E-state index >= 15 is 0 Å². The van der Waals surface area contributed by atoms with Crippen molar-refractivity contribution in [2.75, 3.05) is 13.1 Å². The quantitative estimate of drug-likeness (QED) is 0.308. The van der Waals surface area contributed by atoms with Gasteiger partial charge in [-0.2, -0.15) is 0 Å². The number of carboxylic acid groups (broad SMARTS) is 1. The van der Waals surface area contributed by atoms with Gasteiger partial charge < -0.3 is 20.4 Å². The molecule has 0 bridgehead atoms. The van der Waals surface area contributed by atoms with E-state index in [1.165, 1.54) is 0 Å². The minimum atomic E-state index is -1.75. The van der Waals surface area contributed by atoms with Crippen molar-refractivity contribution in [1.82, 2.24) is 15.7 Å². The van der Waals surface area contributed by atoms with Crippen molar-refractivity contribution < 1.29 is 29.8 Å². The van der Waals surface area contributed by atoms with Crippen LogP contribution in [0.3, 0.4) is 0 Å². The number of carbonyl (C=O) groups excluding carboxylic acids is 2. The number of hydrogen-bond acceptors (Lipinski definition) is 5. The molecule has 5 N–H and O–H groups in total. The molecule has 0 saturated heterocycles. The molecule has 1 unspecified atom stereocenters. The van der Waals surface area contributed by atoms with Crippen molar-refractivity contribution in [3.05, 3.63) is 48.0 Å². The number of carboxylic acids is 1. The van der Waals surface area contributed by atoms with Crippen molar-refractivity contribution in [2.45, 2.75) is 32.4 Å². The van der Waals surface area contributed by atoms with Crippen LogP contribution in [0.5, 0.6) is 0 Å². The van der Waals surface area contributed by atoms with E-state index < -0.39 is 36.6 Å². The molecule has 0 aliphatic heterocycles. The summed E-state index contributed by atoms with van der Waals surface area (Å²) in [7, 11) is 0. The monoisotopic (exact) mass is 417 g/mol. The molecule has 0 radical (unpaired) electrons. The maximum absolute atomic E-state index is 12.7. The number of aliphatic carboxylic acids is 1. The number of nitrogens with one attached hydrogen (secondary N) is 2. The van der Waals surface area contributed by atoms with Crippen LogP contribution in [0.1, 0.15) is 19.4 Å². The van der Waals surface area contributed by atoms with Crippen LogP contribution >= 0.6 is 0 Å². The van der Waals surface area contributed by atoms with Gasteiger partial charge in [0.15, 0.2) is 6.10 Å². The standard InChI is InChI=1S/C21H27N3O6/c1-13(2)11-24(12-18(25)20(27)28)21(29)22-17(19(26)23-30)10-14-7-8-15-5-3-4-6-16(15)9-14/h3-9,13,17-18,25,30H,10-12H2,1-2H3,(H,22,29)(H,23,26)(H,27,28)/t17-,18?/m0/s1. The Labute approximate surface area is 174 Å². The fraction of sp³-hybridized carbons (Fsp3) is 0.381. The Bertz CT molecular complexity index is 901. The minimum absolute atomic E-state index is 0.00218. The topological polar surface area (TPSA) is 139 Å². The molecule has 2 atom stereocenters. The van der Waals surface area contributed by atoms with Crippen LogP contribution in [0.15, 0.2) is 42.5 Å². The van der Waals surface area contributed by atoms with Crippen LogP contribution in [0.4, 0.5) is 4.79 Å². The number of aliphatic hydroxyl groups excluding tert-OH is 1. The van der Waals surface area contributed by atoms with Crippen molar-refractivity contribution >= 4 is 28.7 Å². The molecule has 0 fully saturated rings. The third-order valence-corrected chi connectivity index (χ3v) is 4.53. The average molecular weight is 417 g/mol. The van der Waals surface area contributed by atoms with E-state index in [-0.39, 0.29) is 18.9 Å². The molecule has 9 nitrogen and oxygen atoms in total. The summed E-state index contributed by atoms with van der Waals surface area (Å²) < 4.78 is 0. The number of amides is 3. The summed E-state index contributed by atoms with van der Waals surface area (Å²) in [6.45, 7) is 3.42. The highest BCUT2D eigenvalue weighted by Gasteiger charge is 2.27. The van der Waals surface area contributed by atoms with Gasteiger partial charge in [0.2, 0.25) is 0 Å². The SMILES string of the molecule is CC(C)CN(CC(O)C(=O)O)C(=O)N[C@@H](Cc1ccc2ccccc2c1)C(=O)NO. The van der Waals surface area contributed by atoms with Crippen molar-refractivity contribution in [3.8, 4) is 0 Å². The molecular formula is C21H27N3O6. The predicted molar refractivity (Wildman–Crippen MR) is 110 cm³/mol. The first-order valence-electron chi connectivity index (χ1n) is 9.59. The number of carbonyl (C=O) groups is 3. The minimum Gasteiger partial charge on any atom is -0.479 e. The Morgan fingerprint density at radius 3 is 2.30 bits per heavy atom. The molecule has 0 aliphatic carbocycles. The zero-order chi connectivity index (χ0) is 22.3. The molecule has 2 aromatic rings. The van der Waals surface area contributed by atoms with E-state index in [1.54, 1.807) is 5.48 Å². The number of rotatable bonds is 9. The van der Waals surface area contributed by atoms with Gasteiger partial charge in [-0.1, -0.05) is 56.3 Å². The van der Waals surface area contributed by atoms with Gasteiger partial charge in [0.1, 0.15) is 6.04 Å². The van der Waals surface area contributed by atoms with Gasteiger partial charge in [-0.25, -0.2) is 15.1 Å². The lowest BCUT2D eigenvalue weighted by atomic mass is 10.0. The summed E-state index contributed by atoms with van der Waals surface area (Å²) in [6.07, 6.45) is -1.64. The summed E-state index contributed by atoms with van der Waals surface area (Å²) >= 11 is 0. The second kappa shape index (κ2) is 10.6. The van der Waals surface area contributed by atoms with E-state index in [2.05, 4.69) is 5.32 Å². The summed E-state index contributed by atoms with van der Waals surface area (Å²) in [5.74, 6) is -2.25. The first kappa shape index (κ1) is 23.1. The van der Waals surface area contributed by atoms with Crippen molar-refractivity contribution in [3.63, 3.8) is 0 Å². The highest BCUT2D eigenvalue weighted by molar-refractivity contribution is 5.87. The van der Waals surface area contributed by atoms with Crippen molar-refractivity contribution in [1.29, 1.82) is 0 Å². The lowest BCUT2D eigenvalue weighted by Gasteiger charge is -2.28. The fourth-order valence-corrected chi connectivity index (χ4v) is 3.10. The zero-order valence-electron chi connectivity index (χ0n) is 16.9. The summed E-state index contributed by atoms with van der Waals surface area (Å²) in [5.41, 5.74) is 2.32. The number of fused-ring (bicyclic) bond motifs is 1. The van der Waals surface area contributed by atoms with Crippen LogP contribution in [0, 0.1) is 5.92 Å². The Morgan fingerprint density at radius 1 is 1.03 bits per heavy atom. The maximum Gasteiger partial charge on any atom is 0.334 e. The van der Waals surface area contributed by atoms with Gasteiger partial charge in [-0.15, -0.1) is 0 Å². The highest BCUT2D eigenvalue weighted by atomic mass is 16.5. The summed E-state index contributed by atoms with van der Waals surface area (Å²) in [6, 6.07) is 11.5.